The second-order valence-corrected chi connectivity index (χ2v) is 11.5. The molecule has 2 aliphatic heterocycles. The minimum absolute atomic E-state index is 0.785. The quantitative estimate of drug-likeness (QED) is 0.446. The van der Waals surface area contributed by atoms with Crippen LogP contribution in [-0.2, 0) is 13.1 Å². The zero-order chi connectivity index (χ0) is 20.7. The Hall–Kier alpha value is -3.35. The van der Waals surface area contributed by atoms with Crippen LogP contribution in [0.25, 0.3) is 0 Å². The van der Waals surface area contributed by atoms with Crippen molar-refractivity contribution in [3.05, 3.63) is 119 Å². The largest absolute Gasteiger partial charge is 0.288 e. The first kappa shape index (κ1) is 18.4. The van der Waals surface area contributed by atoms with Crippen LogP contribution in [0.5, 0.6) is 0 Å². The van der Waals surface area contributed by atoms with Gasteiger partial charge in [-0.2, -0.15) is 0 Å². The molecule has 0 saturated heterocycles. The first-order chi connectivity index (χ1) is 15.4. The fourth-order valence-electron chi connectivity index (χ4n) is 4.79. The van der Waals surface area contributed by atoms with Gasteiger partial charge in [0.05, 0.1) is 13.1 Å². The fourth-order valence-corrected chi connectivity index (χ4v) is 9.08. The molecule has 0 amide bonds. The third kappa shape index (κ3) is 2.91. The van der Waals surface area contributed by atoms with E-state index < -0.39 is 7.26 Å². The van der Waals surface area contributed by atoms with Crippen LogP contribution in [0.2, 0.25) is 0 Å². The third-order valence-corrected chi connectivity index (χ3v) is 10.6. The van der Waals surface area contributed by atoms with Gasteiger partial charge >= 0.3 is 0 Å². The minimum atomic E-state index is -2.09. The Morgan fingerprint density at radius 2 is 0.935 bits per heavy atom. The number of fused-ring (bicyclic) bond motifs is 2. The maximum absolute atomic E-state index is 4.51. The van der Waals surface area contributed by atoms with Crippen LogP contribution in [0.15, 0.2) is 107 Å². The van der Waals surface area contributed by atoms with Crippen LogP contribution >= 0.6 is 7.26 Å². The Labute approximate surface area is 183 Å². The highest BCUT2D eigenvalue weighted by Gasteiger charge is 2.48. The molecule has 0 N–H and O–H groups in total. The molecule has 0 unspecified atom stereocenters. The van der Waals surface area contributed by atoms with Gasteiger partial charge in [-0.1, -0.05) is 48.5 Å². The fraction of sp³-hybridized carbons (Fsp3) is 0.0714. The van der Waals surface area contributed by atoms with Crippen LogP contribution in [0.1, 0.15) is 22.3 Å². The first-order valence-electron chi connectivity index (χ1n) is 10.6. The number of nitrogens with zero attached hydrogens (tertiary/aromatic N) is 2. The third-order valence-electron chi connectivity index (χ3n) is 6.30. The molecule has 0 aliphatic carbocycles. The molecule has 2 aliphatic rings. The van der Waals surface area contributed by atoms with Crippen molar-refractivity contribution in [1.82, 2.24) is 0 Å². The molecule has 0 bridgehead atoms. The summed E-state index contributed by atoms with van der Waals surface area (Å²) in [6.45, 7) is 1.57. The van der Waals surface area contributed by atoms with Crippen LogP contribution in [0.4, 0.5) is 0 Å². The molecule has 148 valence electrons. The molecule has 2 heterocycles. The molecule has 3 heteroatoms. The summed E-state index contributed by atoms with van der Waals surface area (Å²) in [6, 6.07) is 36.0. The Bertz CT molecular complexity index is 1220. The number of hydrogen-bond donors (Lipinski definition) is 0. The number of aliphatic imine (C=N–C) groups is 2. The molecule has 0 aromatic heterocycles. The summed E-state index contributed by atoms with van der Waals surface area (Å²) in [4.78, 5) is 9.02. The predicted octanol–water partition coefficient (Wildman–Crippen LogP) is 4.17. The molecule has 4 aromatic carbocycles. The van der Waals surface area contributed by atoms with E-state index >= 15 is 0 Å². The summed E-state index contributed by atoms with van der Waals surface area (Å²) in [5.41, 5.74) is 5.11. The molecular weight excluding hydrogens is 395 g/mol. The number of rotatable bonds is 4. The van der Waals surface area contributed by atoms with Gasteiger partial charge in [0.2, 0.25) is 0 Å². The molecule has 0 radical (unpaired) electrons. The molecule has 0 atom stereocenters. The van der Waals surface area contributed by atoms with E-state index in [-0.39, 0.29) is 0 Å². The SMILES string of the molecule is C1=NCc2ccc([P+](c3ccccc3)(c3ccccc3)c3ccc4c(c3)C=NC4)cc21. The Balaban J connectivity index is 1.72. The summed E-state index contributed by atoms with van der Waals surface area (Å²) in [6.07, 6.45) is 4.05. The summed E-state index contributed by atoms with van der Waals surface area (Å²) in [5.74, 6) is 0. The lowest BCUT2D eigenvalue weighted by molar-refractivity contribution is 1.11. The van der Waals surface area contributed by atoms with Crippen LogP contribution in [0, 0.1) is 0 Å². The summed E-state index contributed by atoms with van der Waals surface area (Å²) in [7, 11) is -2.09. The van der Waals surface area contributed by atoms with Crippen molar-refractivity contribution in [3.63, 3.8) is 0 Å². The molecule has 6 rings (SSSR count). The van der Waals surface area contributed by atoms with Gasteiger partial charge in [-0.05, 0) is 59.7 Å². The van der Waals surface area contributed by atoms with Gasteiger partial charge in [-0.3, -0.25) is 9.98 Å². The molecule has 0 fully saturated rings. The van der Waals surface area contributed by atoms with Crippen molar-refractivity contribution >= 4 is 40.9 Å². The van der Waals surface area contributed by atoms with E-state index in [9.17, 15) is 0 Å². The van der Waals surface area contributed by atoms with Crippen molar-refractivity contribution < 1.29 is 0 Å². The van der Waals surface area contributed by atoms with E-state index in [0.717, 1.165) is 13.1 Å². The monoisotopic (exact) mass is 417 g/mol. The van der Waals surface area contributed by atoms with Gasteiger partial charge in [0, 0.05) is 23.6 Å². The standard InChI is InChI=1S/C28H22N2P/c1-3-7-25(8-4-1)31(26-9-5-2-6-10-26,27-13-11-21-17-29-19-23(21)15-27)28-14-12-22-18-30-20-24(22)16-28/h1-16,19-20H,17-18H2/q+1. The van der Waals surface area contributed by atoms with Crippen LogP contribution in [0.3, 0.4) is 0 Å². The molecular formula is C28H22N2P+. The molecule has 4 aromatic rings. The second-order valence-electron chi connectivity index (χ2n) is 8.05. The van der Waals surface area contributed by atoms with Gasteiger partial charge in [0.25, 0.3) is 0 Å². The van der Waals surface area contributed by atoms with Gasteiger partial charge in [-0.15, -0.1) is 0 Å². The van der Waals surface area contributed by atoms with Crippen LogP contribution in [-0.4, -0.2) is 12.4 Å². The zero-order valence-electron chi connectivity index (χ0n) is 17.1. The molecule has 0 spiro atoms. The highest BCUT2D eigenvalue weighted by molar-refractivity contribution is 8.01. The van der Waals surface area contributed by atoms with Crippen molar-refractivity contribution in [2.24, 2.45) is 9.98 Å². The smallest absolute Gasteiger partial charge is 0.144 e. The topological polar surface area (TPSA) is 24.7 Å². The zero-order valence-corrected chi connectivity index (χ0v) is 18.0. The maximum Gasteiger partial charge on any atom is 0.144 e. The Morgan fingerprint density at radius 1 is 0.484 bits per heavy atom. The summed E-state index contributed by atoms with van der Waals surface area (Å²) in [5, 5.41) is 5.47. The van der Waals surface area contributed by atoms with Crippen molar-refractivity contribution in [2.75, 3.05) is 0 Å². The average Bonchev–Trinajstić information content (AvgIpc) is 3.50. The van der Waals surface area contributed by atoms with Gasteiger partial charge in [-0.25, -0.2) is 0 Å². The summed E-state index contributed by atoms with van der Waals surface area (Å²) < 4.78 is 0. The van der Waals surface area contributed by atoms with Crippen molar-refractivity contribution in [3.8, 4) is 0 Å². The first-order valence-corrected chi connectivity index (χ1v) is 12.4. The van der Waals surface area contributed by atoms with Gasteiger partial charge < -0.3 is 0 Å². The van der Waals surface area contributed by atoms with E-state index in [1.54, 1.807) is 0 Å². The Kier molecular flexibility index (Phi) is 4.40. The Morgan fingerprint density at radius 3 is 1.39 bits per heavy atom. The van der Waals surface area contributed by atoms with Gasteiger partial charge in [0.1, 0.15) is 28.5 Å². The van der Waals surface area contributed by atoms with E-state index in [0.29, 0.717) is 0 Å². The maximum atomic E-state index is 4.51. The second kappa shape index (κ2) is 7.41. The van der Waals surface area contributed by atoms with E-state index in [2.05, 4.69) is 107 Å². The minimum Gasteiger partial charge on any atom is -0.288 e. The molecule has 0 saturated carbocycles. The van der Waals surface area contributed by atoms with Crippen molar-refractivity contribution in [2.45, 2.75) is 13.1 Å². The van der Waals surface area contributed by atoms with E-state index in [4.69, 9.17) is 0 Å². The van der Waals surface area contributed by atoms with E-state index in [1.165, 1.54) is 43.5 Å². The average molecular weight is 417 g/mol. The number of benzene rings is 4. The van der Waals surface area contributed by atoms with Gasteiger partial charge in [0.15, 0.2) is 0 Å². The molecule has 31 heavy (non-hydrogen) atoms. The normalized spacial score (nSPS) is 13.9. The highest BCUT2D eigenvalue weighted by Crippen LogP contribution is 2.54. The predicted molar refractivity (Wildman–Crippen MR) is 134 cm³/mol. The van der Waals surface area contributed by atoms with E-state index in [1.807, 2.05) is 12.4 Å². The lowest BCUT2D eigenvalue weighted by Gasteiger charge is -2.28. The number of hydrogen-bond acceptors (Lipinski definition) is 2. The lowest BCUT2D eigenvalue weighted by atomic mass is 10.1. The lowest BCUT2D eigenvalue weighted by Crippen LogP contribution is -2.39. The highest BCUT2D eigenvalue weighted by atomic mass is 31.2. The molecule has 2 nitrogen and oxygen atoms in total. The van der Waals surface area contributed by atoms with Crippen LogP contribution < -0.4 is 21.2 Å². The van der Waals surface area contributed by atoms with Crippen molar-refractivity contribution in [1.29, 1.82) is 0 Å². The summed E-state index contributed by atoms with van der Waals surface area (Å²) >= 11 is 0.